The van der Waals surface area contributed by atoms with E-state index in [-0.39, 0.29) is 30.1 Å². The van der Waals surface area contributed by atoms with Crippen molar-refractivity contribution in [1.82, 2.24) is 10.2 Å². The number of benzene rings is 1. The normalized spacial score (nSPS) is 19.1. The average molecular weight is 292 g/mol. The predicted octanol–water partition coefficient (Wildman–Crippen LogP) is 1.66. The molecule has 0 radical (unpaired) electrons. The minimum absolute atomic E-state index is 0.0376. The van der Waals surface area contributed by atoms with Crippen LogP contribution in [0.1, 0.15) is 25.0 Å². The molecule has 1 aromatic rings. The molecule has 1 heterocycles. The third-order valence-electron chi connectivity index (χ3n) is 3.85. The fraction of sp³-hybridized carbons (Fsp3) is 0.500. The smallest absolute Gasteiger partial charge is 0.245 e. The molecule has 21 heavy (non-hydrogen) atoms. The van der Waals surface area contributed by atoms with E-state index in [2.05, 4.69) is 5.32 Å². The number of carbonyl (C=O) groups excluding carboxylic acids is 2. The van der Waals surface area contributed by atoms with Crippen molar-refractivity contribution < 1.29 is 14.0 Å². The molecule has 1 saturated heterocycles. The zero-order chi connectivity index (χ0) is 15.6. The number of nitrogens with one attached hydrogen (secondary N) is 1. The van der Waals surface area contributed by atoms with E-state index in [1.165, 1.54) is 12.1 Å². The van der Waals surface area contributed by atoms with Crippen LogP contribution >= 0.6 is 0 Å². The van der Waals surface area contributed by atoms with E-state index in [4.69, 9.17) is 0 Å². The highest BCUT2D eigenvalue weighted by Crippen LogP contribution is 2.14. The third-order valence-corrected chi connectivity index (χ3v) is 3.85. The van der Waals surface area contributed by atoms with Gasteiger partial charge in [0.05, 0.1) is 6.54 Å². The van der Waals surface area contributed by atoms with Crippen LogP contribution < -0.4 is 5.32 Å². The number of piperazine rings is 1. The van der Waals surface area contributed by atoms with Crippen LogP contribution in [-0.2, 0) is 16.0 Å². The first-order valence-corrected chi connectivity index (χ1v) is 7.21. The van der Waals surface area contributed by atoms with Crippen molar-refractivity contribution in [3.8, 4) is 0 Å². The van der Waals surface area contributed by atoms with Crippen molar-refractivity contribution >= 4 is 11.8 Å². The zero-order valence-corrected chi connectivity index (χ0v) is 12.6. The summed E-state index contributed by atoms with van der Waals surface area (Å²) in [6, 6.07) is 4.20. The number of rotatable bonds is 4. The van der Waals surface area contributed by atoms with Gasteiger partial charge in [-0.05, 0) is 42.5 Å². The van der Waals surface area contributed by atoms with Gasteiger partial charge in [0.1, 0.15) is 11.9 Å². The van der Waals surface area contributed by atoms with Crippen molar-refractivity contribution in [3.05, 3.63) is 35.1 Å². The Morgan fingerprint density at radius 2 is 2.10 bits per heavy atom. The van der Waals surface area contributed by atoms with E-state index in [0.717, 1.165) is 11.1 Å². The molecule has 0 spiro atoms. The van der Waals surface area contributed by atoms with Gasteiger partial charge in [-0.2, -0.15) is 0 Å². The molecule has 0 aliphatic carbocycles. The summed E-state index contributed by atoms with van der Waals surface area (Å²) in [6.07, 6.45) is 0.621. The van der Waals surface area contributed by atoms with Gasteiger partial charge in [0.2, 0.25) is 11.8 Å². The van der Waals surface area contributed by atoms with Gasteiger partial charge in [0, 0.05) is 6.54 Å². The Balaban J connectivity index is 2.04. The minimum Gasteiger partial charge on any atom is -0.343 e. The fourth-order valence-corrected chi connectivity index (χ4v) is 2.57. The van der Waals surface area contributed by atoms with Crippen LogP contribution in [0.3, 0.4) is 0 Å². The number of hydrogen-bond donors (Lipinski definition) is 1. The van der Waals surface area contributed by atoms with Gasteiger partial charge in [0.15, 0.2) is 0 Å². The fourth-order valence-electron chi connectivity index (χ4n) is 2.57. The van der Waals surface area contributed by atoms with Crippen molar-refractivity contribution in [2.75, 3.05) is 13.1 Å². The van der Waals surface area contributed by atoms with Crippen LogP contribution in [0.2, 0.25) is 0 Å². The van der Waals surface area contributed by atoms with Crippen LogP contribution in [0.4, 0.5) is 4.39 Å². The summed E-state index contributed by atoms with van der Waals surface area (Å²) in [5.74, 6) is -0.352. The number of carbonyl (C=O) groups is 2. The lowest BCUT2D eigenvalue weighted by Gasteiger charge is -2.34. The Hall–Kier alpha value is -1.91. The number of aryl methyl sites for hydroxylation is 1. The minimum atomic E-state index is -0.444. The Kier molecular flexibility index (Phi) is 4.60. The predicted molar refractivity (Wildman–Crippen MR) is 78.2 cm³/mol. The molecule has 0 saturated carbocycles. The van der Waals surface area contributed by atoms with Crippen molar-refractivity contribution in [3.63, 3.8) is 0 Å². The van der Waals surface area contributed by atoms with Crippen LogP contribution in [-0.4, -0.2) is 35.8 Å². The second-order valence-corrected chi connectivity index (χ2v) is 5.87. The summed E-state index contributed by atoms with van der Waals surface area (Å²) in [5.41, 5.74) is 1.86. The Morgan fingerprint density at radius 3 is 2.71 bits per heavy atom. The third kappa shape index (κ3) is 3.60. The van der Waals surface area contributed by atoms with Crippen LogP contribution in [0.5, 0.6) is 0 Å². The summed E-state index contributed by atoms with van der Waals surface area (Å²) in [7, 11) is 0. The lowest BCUT2D eigenvalue weighted by molar-refractivity contribution is -0.145. The van der Waals surface area contributed by atoms with Crippen molar-refractivity contribution in [2.24, 2.45) is 5.92 Å². The van der Waals surface area contributed by atoms with Gasteiger partial charge >= 0.3 is 0 Å². The Labute approximate surface area is 124 Å². The average Bonchev–Trinajstić information content (AvgIpc) is 2.40. The molecule has 1 aliphatic heterocycles. The molecule has 1 fully saturated rings. The van der Waals surface area contributed by atoms with Gasteiger partial charge in [0.25, 0.3) is 0 Å². The second-order valence-electron chi connectivity index (χ2n) is 5.87. The van der Waals surface area contributed by atoms with E-state index < -0.39 is 6.04 Å². The maximum Gasteiger partial charge on any atom is 0.245 e. The quantitative estimate of drug-likeness (QED) is 0.917. The Bertz CT molecular complexity index is 557. The molecule has 1 atom stereocenters. The summed E-state index contributed by atoms with van der Waals surface area (Å²) in [6.45, 7) is 6.25. The van der Waals surface area contributed by atoms with Crippen LogP contribution in [0.15, 0.2) is 18.2 Å². The highest BCUT2D eigenvalue weighted by molar-refractivity contribution is 5.94. The van der Waals surface area contributed by atoms with Crippen molar-refractivity contribution in [2.45, 2.75) is 33.2 Å². The van der Waals surface area contributed by atoms with Gasteiger partial charge in [-0.3, -0.25) is 9.59 Å². The largest absolute Gasteiger partial charge is 0.343 e. The van der Waals surface area contributed by atoms with E-state index in [0.29, 0.717) is 13.0 Å². The zero-order valence-electron chi connectivity index (χ0n) is 12.6. The standard InChI is InChI=1S/C16H21FN2O2/c1-10(2)15-16(21)19(9-14(20)18-15)7-6-12-4-5-13(17)8-11(12)3/h4-5,8,10,15H,6-7,9H2,1-3H3,(H,18,20). The maximum absolute atomic E-state index is 13.1. The maximum atomic E-state index is 13.1. The second kappa shape index (κ2) is 6.24. The molecule has 1 N–H and O–H groups in total. The van der Waals surface area contributed by atoms with E-state index in [1.54, 1.807) is 11.0 Å². The molecule has 1 aliphatic rings. The summed E-state index contributed by atoms with van der Waals surface area (Å²) >= 11 is 0. The molecular weight excluding hydrogens is 271 g/mol. The van der Waals surface area contributed by atoms with Gasteiger partial charge in [-0.25, -0.2) is 4.39 Å². The van der Waals surface area contributed by atoms with Gasteiger partial charge in [-0.1, -0.05) is 19.9 Å². The van der Waals surface area contributed by atoms with E-state index in [9.17, 15) is 14.0 Å². The molecule has 2 rings (SSSR count). The molecule has 4 nitrogen and oxygen atoms in total. The van der Waals surface area contributed by atoms with Crippen molar-refractivity contribution in [1.29, 1.82) is 0 Å². The molecule has 2 amide bonds. The highest BCUT2D eigenvalue weighted by atomic mass is 19.1. The lowest BCUT2D eigenvalue weighted by atomic mass is 10.00. The molecular formula is C16H21FN2O2. The SMILES string of the molecule is Cc1cc(F)ccc1CCN1CC(=O)NC(C(C)C)C1=O. The number of nitrogens with zero attached hydrogens (tertiary/aromatic N) is 1. The number of hydrogen-bond acceptors (Lipinski definition) is 2. The van der Waals surface area contributed by atoms with Crippen LogP contribution in [0, 0.1) is 18.7 Å². The first kappa shape index (κ1) is 15.5. The molecule has 1 unspecified atom stereocenters. The topological polar surface area (TPSA) is 49.4 Å². The number of amides is 2. The van der Waals surface area contributed by atoms with E-state index in [1.807, 2.05) is 20.8 Å². The molecule has 0 aromatic heterocycles. The number of halogens is 1. The Morgan fingerprint density at radius 1 is 1.38 bits per heavy atom. The lowest BCUT2D eigenvalue weighted by Crippen LogP contribution is -2.60. The first-order chi connectivity index (χ1) is 9.88. The monoisotopic (exact) mass is 292 g/mol. The molecule has 1 aromatic carbocycles. The van der Waals surface area contributed by atoms with Crippen LogP contribution in [0.25, 0.3) is 0 Å². The van der Waals surface area contributed by atoms with Gasteiger partial charge in [-0.15, -0.1) is 0 Å². The van der Waals surface area contributed by atoms with E-state index >= 15 is 0 Å². The highest BCUT2D eigenvalue weighted by Gasteiger charge is 2.34. The molecule has 5 heteroatoms. The molecule has 0 bridgehead atoms. The molecule has 114 valence electrons. The van der Waals surface area contributed by atoms with Gasteiger partial charge < -0.3 is 10.2 Å². The summed E-state index contributed by atoms with van der Waals surface area (Å²) < 4.78 is 13.1. The summed E-state index contributed by atoms with van der Waals surface area (Å²) in [5, 5.41) is 2.73. The summed E-state index contributed by atoms with van der Waals surface area (Å²) in [4.78, 5) is 25.6. The first-order valence-electron chi connectivity index (χ1n) is 7.21.